The van der Waals surface area contributed by atoms with Gasteiger partial charge in [-0.05, 0) is 42.5 Å². The van der Waals surface area contributed by atoms with Gasteiger partial charge in [0.05, 0.1) is 18.5 Å². The molecule has 6 nitrogen and oxygen atoms in total. The van der Waals surface area contributed by atoms with Crippen molar-refractivity contribution in [2.45, 2.75) is 6.92 Å². The van der Waals surface area contributed by atoms with E-state index in [0.717, 1.165) is 4.31 Å². The van der Waals surface area contributed by atoms with E-state index in [9.17, 15) is 9.59 Å². The number of hydrogen-bond acceptors (Lipinski definition) is 4. The first-order valence-electron chi connectivity index (χ1n) is 6.92. The van der Waals surface area contributed by atoms with Crippen LogP contribution in [0.4, 0.5) is 21.9 Å². The van der Waals surface area contributed by atoms with Gasteiger partial charge in [-0.3, -0.25) is 4.79 Å². The zero-order chi connectivity index (χ0) is 17.7. The molecule has 0 aliphatic heterocycles. The minimum absolute atomic E-state index is 0.170. The Labute approximate surface area is 150 Å². The summed E-state index contributed by atoms with van der Waals surface area (Å²) in [5.41, 5.74) is 1.60. The number of carbonyl (C=O) groups is 2. The van der Waals surface area contributed by atoms with Crippen molar-refractivity contribution in [1.29, 1.82) is 0 Å². The first-order chi connectivity index (χ1) is 11.4. The van der Waals surface area contributed by atoms with Crippen LogP contribution in [0, 0.1) is 0 Å². The predicted octanol–water partition coefficient (Wildman–Crippen LogP) is 4.19. The summed E-state index contributed by atoms with van der Waals surface area (Å²) >= 11 is 10.1. The normalized spacial score (nSPS) is 10.0. The maximum Gasteiger partial charge on any atom is 0.336 e. The minimum atomic E-state index is -0.480. The van der Waals surface area contributed by atoms with E-state index < -0.39 is 6.03 Å². The molecule has 2 aromatic carbocycles. The third-order valence-electron chi connectivity index (χ3n) is 3.03. The highest BCUT2D eigenvalue weighted by Crippen LogP contribution is 2.29. The Morgan fingerprint density at radius 3 is 2.38 bits per heavy atom. The summed E-state index contributed by atoms with van der Waals surface area (Å²) in [5.74, 6) is 0.312. The summed E-state index contributed by atoms with van der Waals surface area (Å²) in [6.45, 7) is 1.42. The highest BCUT2D eigenvalue weighted by atomic mass is 35.5. The van der Waals surface area contributed by atoms with Gasteiger partial charge in [0.1, 0.15) is 5.75 Å². The van der Waals surface area contributed by atoms with Crippen LogP contribution >= 0.6 is 24.4 Å². The number of anilines is 3. The molecule has 24 heavy (non-hydrogen) atoms. The molecule has 0 spiro atoms. The SMILES string of the molecule is COc1ccc(Cl)cc1NC(=O)N(S)c1ccc(NC(C)=O)cc1. The molecule has 0 aliphatic rings. The second-order valence-corrected chi connectivity index (χ2v) is 5.65. The number of halogens is 1. The highest BCUT2D eigenvalue weighted by Gasteiger charge is 2.15. The van der Waals surface area contributed by atoms with Crippen LogP contribution in [0.15, 0.2) is 42.5 Å². The number of methoxy groups -OCH3 is 1. The molecule has 0 bridgehead atoms. The van der Waals surface area contributed by atoms with E-state index in [1.807, 2.05) is 0 Å². The minimum Gasteiger partial charge on any atom is -0.495 e. The number of benzene rings is 2. The number of ether oxygens (including phenoxy) is 1. The van der Waals surface area contributed by atoms with E-state index in [-0.39, 0.29) is 5.91 Å². The van der Waals surface area contributed by atoms with E-state index in [2.05, 4.69) is 23.4 Å². The van der Waals surface area contributed by atoms with Crippen molar-refractivity contribution < 1.29 is 14.3 Å². The first kappa shape index (κ1) is 18.0. The number of amides is 3. The number of urea groups is 1. The van der Waals surface area contributed by atoms with Gasteiger partial charge < -0.3 is 15.4 Å². The van der Waals surface area contributed by atoms with Crippen molar-refractivity contribution in [2.75, 3.05) is 22.0 Å². The lowest BCUT2D eigenvalue weighted by molar-refractivity contribution is -0.114. The monoisotopic (exact) mass is 365 g/mol. The van der Waals surface area contributed by atoms with Crippen LogP contribution in [0.5, 0.6) is 5.75 Å². The standard InChI is InChI=1S/C16H16ClN3O3S/c1-10(21)18-12-4-6-13(7-5-12)20(24)16(22)19-14-9-11(17)3-8-15(14)23-2/h3-9,24H,1-2H3,(H,18,21)(H,19,22). The van der Waals surface area contributed by atoms with Gasteiger partial charge in [-0.2, -0.15) is 0 Å². The van der Waals surface area contributed by atoms with E-state index in [4.69, 9.17) is 16.3 Å². The summed E-state index contributed by atoms with van der Waals surface area (Å²) in [6.07, 6.45) is 0. The Balaban J connectivity index is 2.12. The van der Waals surface area contributed by atoms with Crippen molar-refractivity contribution in [2.24, 2.45) is 0 Å². The lowest BCUT2D eigenvalue weighted by atomic mass is 10.2. The van der Waals surface area contributed by atoms with Crippen LogP contribution in [0.25, 0.3) is 0 Å². The van der Waals surface area contributed by atoms with Gasteiger partial charge >= 0.3 is 6.03 Å². The molecular weight excluding hydrogens is 350 g/mol. The van der Waals surface area contributed by atoms with E-state index in [1.165, 1.54) is 14.0 Å². The Hall–Kier alpha value is -2.38. The van der Waals surface area contributed by atoms with Crippen LogP contribution in [-0.2, 0) is 4.79 Å². The lowest BCUT2D eigenvalue weighted by Crippen LogP contribution is -2.27. The zero-order valence-corrected chi connectivity index (χ0v) is 14.7. The molecule has 2 N–H and O–H groups in total. The fraction of sp³-hybridized carbons (Fsp3) is 0.125. The molecule has 0 fully saturated rings. The van der Waals surface area contributed by atoms with Gasteiger partial charge in [-0.15, -0.1) is 0 Å². The van der Waals surface area contributed by atoms with E-state index in [0.29, 0.717) is 27.8 Å². The van der Waals surface area contributed by atoms with Crippen LogP contribution in [0.2, 0.25) is 5.02 Å². The second-order valence-electron chi connectivity index (χ2n) is 4.81. The van der Waals surface area contributed by atoms with Gasteiger partial charge in [0.25, 0.3) is 0 Å². The van der Waals surface area contributed by atoms with Crippen molar-refractivity contribution >= 4 is 53.4 Å². The third kappa shape index (κ3) is 4.56. The first-order valence-corrected chi connectivity index (χ1v) is 7.69. The average Bonchev–Trinajstić information content (AvgIpc) is 2.54. The van der Waals surface area contributed by atoms with Gasteiger partial charge in [0.2, 0.25) is 5.91 Å². The molecule has 126 valence electrons. The number of hydrogen-bond donors (Lipinski definition) is 3. The molecule has 0 atom stereocenters. The average molecular weight is 366 g/mol. The summed E-state index contributed by atoms with van der Waals surface area (Å²) in [4.78, 5) is 23.3. The predicted molar refractivity (Wildman–Crippen MR) is 99.2 cm³/mol. The van der Waals surface area contributed by atoms with Crippen molar-refractivity contribution in [3.05, 3.63) is 47.5 Å². The Bertz CT molecular complexity index is 753. The number of nitrogens with one attached hydrogen (secondary N) is 2. The summed E-state index contributed by atoms with van der Waals surface area (Å²) in [5, 5.41) is 5.79. The molecule has 2 aromatic rings. The Morgan fingerprint density at radius 2 is 1.79 bits per heavy atom. The van der Waals surface area contributed by atoms with E-state index >= 15 is 0 Å². The number of carbonyl (C=O) groups excluding carboxylic acids is 2. The van der Waals surface area contributed by atoms with Gasteiger partial charge in [-0.25, -0.2) is 9.10 Å². The molecular formula is C16H16ClN3O3S. The summed E-state index contributed by atoms with van der Waals surface area (Å²) in [6, 6.07) is 11.1. The Morgan fingerprint density at radius 1 is 1.12 bits per heavy atom. The largest absolute Gasteiger partial charge is 0.495 e. The highest BCUT2D eigenvalue weighted by molar-refractivity contribution is 7.82. The molecule has 2 rings (SSSR count). The molecule has 0 saturated heterocycles. The smallest absolute Gasteiger partial charge is 0.336 e. The molecule has 0 saturated carbocycles. The Kier molecular flexibility index (Phi) is 5.94. The fourth-order valence-electron chi connectivity index (χ4n) is 1.95. The van der Waals surface area contributed by atoms with Crippen LogP contribution < -0.4 is 19.7 Å². The molecule has 0 radical (unpaired) electrons. The van der Waals surface area contributed by atoms with Crippen LogP contribution in [-0.4, -0.2) is 19.0 Å². The second kappa shape index (κ2) is 7.94. The van der Waals surface area contributed by atoms with Gasteiger partial charge in [0, 0.05) is 17.6 Å². The van der Waals surface area contributed by atoms with Crippen molar-refractivity contribution in [1.82, 2.24) is 0 Å². The van der Waals surface area contributed by atoms with E-state index in [1.54, 1.807) is 42.5 Å². The molecule has 8 heteroatoms. The van der Waals surface area contributed by atoms with Crippen molar-refractivity contribution in [3.63, 3.8) is 0 Å². The number of rotatable bonds is 4. The number of thiol groups is 1. The maximum absolute atomic E-state index is 12.3. The topological polar surface area (TPSA) is 70.7 Å². The quantitative estimate of drug-likeness (QED) is 0.711. The molecule has 0 aliphatic carbocycles. The lowest BCUT2D eigenvalue weighted by Gasteiger charge is -2.18. The van der Waals surface area contributed by atoms with Gasteiger partial charge in [0.15, 0.2) is 0 Å². The summed E-state index contributed by atoms with van der Waals surface area (Å²) in [7, 11) is 1.50. The summed E-state index contributed by atoms with van der Waals surface area (Å²) < 4.78 is 6.32. The van der Waals surface area contributed by atoms with Crippen LogP contribution in [0.1, 0.15) is 6.92 Å². The number of nitrogens with zero attached hydrogens (tertiary/aromatic N) is 1. The molecule has 0 aromatic heterocycles. The van der Waals surface area contributed by atoms with Gasteiger partial charge in [-0.1, -0.05) is 24.4 Å². The molecule has 0 heterocycles. The maximum atomic E-state index is 12.3. The van der Waals surface area contributed by atoms with Crippen molar-refractivity contribution in [3.8, 4) is 5.75 Å². The fourth-order valence-corrected chi connectivity index (χ4v) is 2.31. The molecule has 3 amide bonds. The third-order valence-corrected chi connectivity index (χ3v) is 3.68. The molecule has 0 unspecified atom stereocenters. The van der Waals surface area contributed by atoms with Crippen LogP contribution in [0.3, 0.4) is 0 Å². The zero-order valence-electron chi connectivity index (χ0n) is 13.0.